The number of amides is 2. The zero-order valence-corrected chi connectivity index (χ0v) is 17.5. The molecule has 2 aromatic rings. The maximum absolute atomic E-state index is 13.2. The SMILES string of the molecule is CCCN(CC(=O)N(Cc1cccn1C)C1CC1)C(=O)[C@H]1C[C@H]1c1ccccc1. The quantitative estimate of drug-likeness (QED) is 0.654. The zero-order chi connectivity index (χ0) is 20.4. The van der Waals surface area contributed by atoms with Gasteiger partial charge in [-0.15, -0.1) is 0 Å². The molecule has 1 aromatic carbocycles. The third kappa shape index (κ3) is 4.55. The van der Waals surface area contributed by atoms with Crippen LogP contribution in [0.15, 0.2) is 48.7 Å². The van der Waals surface area contributed by atoms with Gasteiger partial charge in [0.05, 0.1) is 13.1 Å². The van der Waals surface area contributed by atoms with E-state index in [2.05, 4.69) is 29.7 Å². The number of hydrogen-bond acceptors (Lipinski definition) is 2. The summed E-state index contributed by atoms with van der Waals surface area (Å²) in [4.78, 5) is 30.1. The van der Waals surface area contributed by atoms with Crippen LogP contribution >= 0.6 is 0 Å². The van der Waals surface area contributed by atoms with Gasteiger partial charge in [0.1, 0.15) is 0 Å². The first-order valence-electron chi connectivity index (χ1n) is 10.8. The second kappa shape index (κ2) is 8.44. The highest BCUT2D eigenvalue weighted by Gasteiger charge is 2.46. The molecule has 2 aliphatic rings. The van der Waals surface area contributed by atoms with Crippen molar-refractivity contribution in [2.45, 2.75) is 51.1 Å². The van der Waals surface area contributed by atoms with Crippen LogP contribution in [-0.2, 0) is 23.2 Å². The number of aromatic nitrogens is 1. The number of hydrogen-bond donors (Lipinski definition) is 0. The van der Waals surface area contributed by atoms with Crippen LogP contribution in [0.2, 0.25) is 0 Å². The van der Waals surface area contributed by atoms with Crippen LogP contribution in [0.1, 0.15) is 49.8 Å². The highest BCUT2D eigenvalue weighted by atomic mass is 16.2. The average Bonchev–Trinajstić information content (AvgIpc) is 3.65. The predicted octanol–water partition coefficient (Wildman–Crippen LogP) is 3.56. The van der Waals surface area contributed by atoms with Crippen LogP contribution in [0.3, 0.4) is 0 Å². The molecule has 29 heavy (non-hydrogen) atoms. The Kier molecular flexibility index (Phi) is 5.74. The Morgan fingerprint density at radius 3 is 2.48 bits per heavy atom. The molecular formula is C24H31N3O2. The fourth-order valence-electron chi connectivity index (χ4n) is 4.20. The fraction of sp³-hybridized carbons (Fsp3) is 0.500. The fourth-order valence-corrected chi connectivity index (χ4v) is 4.20. The highest BCUT2D eigenvalue weighted by molar-refractivity contribution is 5.88. The summed E-state index contributed by atoms with van der Waals surface area (Å²) >= 11 is 0. The number of carbonyl (C=O) groups excluding carboxylic acids is 2. The molecule has 2 fully saturated rings. The van der Waals surface area contributed by atoms with E-state index in [-0.39, 0.29) is 24.3 Å². The zero-order valence-electron chi connectivity index (χ0n) is 17.5. The Morgan fingerprint density at radius 1 is 1.10 bits per heavy atom. The molecule has 2 atom stereocenters. The molecule has 2 amide bonds. The summed E-state index contributed by atoms with van der Waals surface area (Å²) < 4.78 is 2.06. The maximum atomic E-state index is 13.2. The molecule has 5 nitrogen and oxygen atoms in total. The largest absolute Gasteiger partial charge is 0.353 e. The lowest BCUT2D eigenvalue weighted by atomic mass is 10.1. The minimum atomic E-state index is 0.0269. The first kappa shape index (κ1) is 19.7. The van der Waals surface area contributed by atoms with E-state index in [4.69, 9.17) is 0 Å². The molecule has 0 unspecified atom stereocenters. The summed E-state index contributed by atoms with van der Waals surface area (Å²) in [6.07, 6.45) is 5.90. The van der Waals surface area contributed by atoms with E-state index in [1.807, 2.05) is 42.4 Å². The first-order chi connectivity index (χ1) is 14.1. The molecule has 0 N–H and O–H groups in total. The Morgan fingerprint density at radius 2 is 1.86 bits per heavy atom. The molecule has 2 saturated carbocycles. The standard InChI is InChI=1S/C24H31N3O2/c1-3-13-26(24(29)22-15-21(22)18-8-5-4-6-9-18)17-23(28)27(19-11-12-19)16-20-10-7-14-25(20)2/h4-10,14,19,21-22H,3,11-13,15-17H2,1-2H3/t21-,22-/m0/s1. The van der Waals surface area contributed by atoms with Gasteiger partial charge in [0, 0.05) is 37.4 Å². The molecule has 0 bridgehead atoms. The van der Waals surface area contributed by atoms with Gasteiger partial charge in [-0.1, -0.05) is 37.3 Å². The number of carbonyl (C=O) groups is 2. The molecule has 0 saturated heterocycles. The van der Waals surface area contributed by atoms with Crippen molar-refractivity contribution in [3.05, 3.63) is 59.9 Å². The summed E-state index contributed by atoms with van der Waals surface area (Å²) in [5.74, 6) is 0.552. The van der Waals surface area contributed by atoms with Crippen LogP contribution < -0.4 is 0 Å². The molecule has 4 rings (SSSR count). The van der Waals surface area contributed by atoms with Crippen LogP contribution in [0.25, 0.3) is 0 Å². The van der Waals surface area contributed by atoms with Gasteiger partial charge in [0.15, 0.2) is 0 Å². The molecule has 0 aliphatic heterocycles. The van der Waals surface area contributed by atoms with Gasteiger partial charge in [0.25, 0.3) is 0 Å². The lowest BCUT2D eigenvalue weighted by Gasteiger charge is -2.28. The van der Waals surface area contributed by atoms with Gasteiger partial charge >= 0.3 is 0 Å². The number of rotatable bonds is 9. The van der Waals surface area contributed by atoms with Crippen molar-refractivity contribution in [3.8, 4) is 0 Å². The summed E-state index contributed by atoms with van der Waals surface area (Å²) in [5, 5.41) is 0. The van der Waals surface area contributed by atoms with Crippen molar-refractivity contribution in [1.29, 1.82) is 0 Å². The number of benzene rings is 1. The number of aryl methyl sites for hydroxylation is 1. The third-order valence-corrected chi connectivity index (χ3v) is 6.16. The van der Waals surface area contributed by atoms with Crippen LogP contribution in [0.4, 0.5) is 0 Å². The summed E-state index contributed by atoms with van der Waals surface area (Å²) in [7, 11) is 2.01. The summed E-state index contributed by atoms with van der Waals surface area (Å²) in [6, 6.07) is 14.7. The number of nitrogens with zero attached hydrogens (tertiary/aromatic N) is 3. The average molecular weight is 394 g/mol. The molecule has 0 spiro atoms. The normalized spacial score (nSPS) is 20.3. The lowest BCUT2D eigenvalue weighted by Crippen LogP contribution is -2.44. The minimum Gasteiger partial charge on any atom is -0.353 e. The van der Waals surface area contributed by atoms with E-state index >= 15 is 0 Å². The molecule has 1 heterocycles. The van der Waals surface area contributed by atoms with Gasteiger partial charge < -0.3 is 14.4 Å². The molecule has 2 aliphatic carbocycles. The van der Waals surface area contributed by atoms with Crippen molar-refractivity contribution in [2.75, 3.05) is 13.1 Å². The summed E-state index contributed by atoms with van der Waals surface area (Å²) in [5.41, 5.74) is 2.36. The minimum absolute atomic E-state index is 0.0269. The van der Waals surface area contributed by atoms with E-state index in [0.29, 0.717) is 25.0 Å². The van der Waals surface area contributed by atoms with Gasteiger partial charge in [-0.2, -0.15) is 0 Å². The van der Waals surface area contributed by atoms with Gasteiger partial charge in [0.2, 0.25) is 11.8 Å². The lowest BCUT2D eigenvalue weighted by molar-refractivity contribution is -0.142. The van der Waals surface area contributed by atoms with Gasteiger partial charge in [-0.25, -0.2) is 0 Å². The summed E-state index contributed by atoms with van der Waals surface area (Å²) in [6.45, 7) is 3.53. The molecular weight excluding hydrogens is 362 g/mol. The van der Waals surface area contributed by atoms with Crippen molar-refractivity contribution in [1.82, 2.24) is 14.4 Å². The van der Waals surface area contributed by atoms with Crippen molar-refractivity contribution in [3.63, 3.8) is 0 Å². The molecule has 5 heteroatoms. The molecule has 0 radical (unpaired) electrons. The molecule has 154 valence electrons. The van der Waals surface area contributed by atoms with E-state index in [1.165, 1.54) is 5.56 Å². The topological polar surface area (TPSA) is 45.6 Å². The van der Waals surface area contributed by atoms with E-state index in [9.17, 15) is 9.59 Å². The Bertz CT molecular complexity index is 856. The van der Waals surface area contributed by atoms with Crippen LogP contribution in [0.5, 0.6) is 0 Å². The third-order valence-electron chi connectivity index (χ3n) is 6.16. The van der Waals surface area contributed by atoms with Crippen LogP contribution in [0, 0.1) is 5.92 Å². The van der Waals surface area contributed by atoms with E-state index in [1.54, 1.807) is 4.90 Å². The predicted molar refractivity (Wildman–Crippen MR) is 113 cm³/mol. The van der Waals surface area contributed by atoms with E-state index < -0.39 is 0 Å². The van der Waals surface area contributed by atoms with E-state index in [0.717, 1.165) is 31.4 Å². The Balaban J connectivity index is 1.41. The first-order valence-corrected chi connectivity index (χ1v) is 10.8. The Hall–Kier alpha value is -2.56. The van der Waals surface area contributed by atoms with Crippen molar-refractivity contribution in [2.24, 2.45) is 13.0 Å². The Labute approximate surface area is 173 Å². The molecule has 1 aromatic heterocycles. The van der Waals surface area contributed by atoms with Crippen molar-refractivity contribution >= 4 is 11.8 Å². The van der Waals surface area contributed by atoms with Crippen molar-refractivity contribution < 1.29 is 9.59 Å². The monoisotopic (exact) mass is 393 g/mol. The van der Waals surface area contributed by atoms with Gasteiger partial charge in [-0.3, -0.25) is 9.59 Å². The maximum Gasteiger partial charge on any atom is 0.242 e. The van der Waals surface area contributed by atoms with Gasteiger partial charge in [-0.05, 0) is 49.3 Å². The second-order valence-electron chi connectivity index (χ2n) is 8.48. The van der Waals surface area contributed by atoms with Crippen LogP contribution in [-0.4, -0.2) is 45.3 Å². The smallest absolute Gasteiger partial charge is 0.242 e. The second-order valence-corrected chi connectivity index (χ2v) is 8.48. The highest BCUT2D eigenvalue weighted by Crippen LogP contribution is 2.48.